The molecule has 0 unspecified atom stereocenters. The molecular formula is C18H21N3O3. The maximum absolute atomic E-state index is 12.6. The Hall–Kier alpha value is -2.34. The van der Waals surface area contributed by atoms with E-state index >= 15 is 0 Å². The highest BCUT2D eigenvalue weighted by atomic mass is 16.5. The molecule has 0 saturated carbocycles. The van der Waals surface area contributed by atoms with Gasteiger partial charge in [-0.25, -0.2) is 0 Å². The Kier molecular flexibility index (Phi) is 3.76. The van der Waals surface area contributed by atoms with E-state index in [0.717, 1.165) is 30.6 Å². The molecule has 0 bridgehead atoms. The molecular weight excluding hydrogens is 306 g/mol. The van der Waals surface area contributed by atoms with Gasteiger partial charge in [-0.3, -0.25) is 9.48 Å². The van der Waals surface area contributed by atoms with Crippen LogP contribution in [0.5, 0.6) is 5.75 Å². The van der Waals surface area contributed by atoms with Gasteiger partial charge < -0.3 is 14.8 Å². The first kappa shape index (κ1) is 15.2. The molecule has 1 fully saturated rings. The molecule has 4 rings (SSSR count). The molecule has 3 heterocycles. The summed E-state index contributed by atoms with van der Waals surface area (Å²) in [7, 11) is 1.77. The first-order valence-electron chi connectivity index (χ1n) is 8.31. The van der Waals surface area contributed by atoms with E-state index in [1.807, 2.05) is 24.3 Å². The van der Waals surface area contributed by atoms with Gasteiger partial charge in [0.25, 0.3) is 5.91 Å². The van der Waals surface area contributed by atoms with Gasteiger partial charge in [-0.1, -0.05) is 18.2 Å². The fraction of sp³-hybridized carbons (Fsp3) is 0.444. The largest absolute Gasteiger partial charge is 0.487 e. The number of aromatic nitrogens is 2. The average molecular weight is 327 g/mol. The van der Waals surface area contributed by atoms with Gasteiger partial charge in [-0.15, -0.1) is 0 Å². The highest BCUT2D eigenvalue weighted by Crippen LogP contribution is 2.43. The molecule has 6 nitrogen and oxygen atoms in total. The van der Waals surface area contributed by atoms with Crippen LogP contribution in [-0.2, 0) is 11.8 Å². The SMILES string of the molecule is Cn1nccc1C(=O)N[C@@H]1CC2(CCOCC2)Oc2ccccc21. The molecule has 126 valence electrons. The van der Waals surface area contributed by atoms with Gasteiger partial charge in [0.05, 0.1) is 19.3 Å². The van der Waals surface area contributed by atoms with E-state index in [1.54, 1.807) is 24.0 Å². The summed E-state index contributed by atoms with van der Waals surface area (Å²) in [5.74, 6) is 0.750. The minimum absolute atomic E-state index is 0.0737. The number of fused-ring (bicyclic) bond motifs is 1. The number of nitrogens with one attached hydrogen (secondary N) is 1. The van der Waals surface area contributed by atoms with E-state index in [4.69, 9.17) is 9.47 Å². The van der Waals surface area contributed by atoms with E-state index in [-0.39, 0.29) is 17.6 Å². The van der Waals surface area contributed by atoms with Crippen LogP contribution in [0.4, 0.5) is 0 Å². The number of para-hydroxylation sites is 1. The predicted molar refractivity (Wildman–Crippen MR) is 87.9 cm³/mol. The predicted octanol–water partition coefficient (Wildman–Crippen LogP) is 2.22. The molecule has 2 aromatic rings. The molecule has 1 amide bonds. The lowest BCUT2D eigenvalue weighted by Crippen LogP contribution is -2.48. The highest BCUT2D eigenvalue weighted by Gasteiger charge is 2.42. The Morgan fingerprint density at radius 1 is 1.29 bits per heavy atom. The van der Waals surface area contributed by atoms with Crippen LogP contribution < -0.4 is 10.1 Å². The molecule has 2 aliphatic heterocycles. The smallest absolute Gasteiger partial charge is 0.270 e. The molecule has 1 atom stereocenters. The summed E-state index contributed by atoms with van der Waals surface area (Å²) >= 11 is 0. The fourth-order valence-corrected chi connectivity index (χ4v) is 3.63. The number of hydrogen-bond acceptors (Lipinski definition) is 4. The number of benzene rings is 1. The highest BCUT2D eigenvalue weighted by molar-refractivity contribution is 5.92. The van der Waals surface area contributed by atoms with Crippen molar-refractivity contribution in [2.24, 2.45) is 7.05 Å². The number of carbonyl (C=O) groups excluding carboxylic acids is 1. The summed E-state index contributed by atoms with van der Waals surface area (Å²) < 4.78 is 13.4. The summed E-state index contributed by atoms with van der Waals surface area (Å²) in [6, 6.07) is 9.61. The normalized spacial score (nSPS) is 21.8. The summed E-state index contributed by atoms with van der Waals surface area (Å²) in [6.07, 6.45) is 4.09. The Balaban J connectivity index is 1.63. The van der Waals surface area contributed by atoms with Crippen LogP contribution in [0.1, 0.15) is 41.4 Å². The minimum Gasteiger partial charge on any atom is -0.487 e. The van der Waals surface area contributed by atoms with Crippen LogP contribution in [0.3, 0.4) is 0 Å². The molecule has 0 aliphatic carbocycles. The standard InChI is InChI=1S/C18H21N3O3/c1-21-15(6-9-19-21)17(22)20-14-12-18(7-10-23-11-8-18)24-16-5-3-2-4-13(14)16/h2-6,9,14H,7-8,10-12H2,1H3,(H,20,22)/t14-/m1/s1. The van der Waals surface area contributed by atoms with E-state index in [0.29, 0.717) is 18.9 Å². The lowest BCUT2D eigenvalue weighted by molar-refractivity contribution is -0.0639. The third-order valence-corrected chi connectivity index (χ3v) is 4.96. The number of carbonyl (C=O) groups is 1. The number of ether oxygens (including phenoxy) is 2. The summed E-state index contributed by atoms with van der Waals surface area (Å²) in [4.78, 5) is 12.6. The maximum atomic E-state index is 12.6. The summed E-state index contributed by atoms with van der Waals surface area (Å²) in [6.45, 7) is 1.40. The van der Waals surface area contributed by atoms with Crippen LogP contribution in [0.2, 0.25) is 0 Å². The Morgan fingerprint density at radius 2 is 2.08 bits per heavy atom. The van der Waals surface area contributed by atoms with Gasteiger partial charge in [0.15, 0.2) is 0 Å². The van der Waals surface area contributed by atoms with Gasteiger partial charge >= 0.3 is 0 Å². The van der Waals surface area contributed by atoms with Crippen LogP contribution in [0.15, 0.2) is 36.5 Å². The molecule has 6 heteroatoms. The number of nitrogens with zero attached hydrogens (tertiary/aromatic N) is 2. The van der Waals surface area contributed by atoms with E-state index in [1.165, 1.54) is 0 Å². The number of hydrogen-bond donors (Lipinski definition) is 1. The summed E-state index contributed by atoms with van der Waals surface area (Å²) in [5.41, 5.74) is 1.34. The van der Waals surface area contributed by atoms with E-state index in [9.17, 15) is 4.79 Å². The molecule has 1 aromatic carbocycles. The van der Waals surface area contributed by atoms with Crippen molar-refractivity contribution in [1.82, 2.24) is 15.1 Å². The van der Waals surface area contributed by atoms with Crippen molar-refractivity contribution in [1.29, 1.82) is 0 Å². The fourth-order valence-electron chi connectivity index (χ4n) is 3.63. The van der Waals surface area contributed by atoms with Crippen LogP contribution in [0.25, 0.3) is 0 Å². The Morgan fingerprint density at radius 3 is 2.83 bits per heavy atom. The number of aryl methyl sites for hydroxylation is 1. The van der Waals surface area contributed by atoms with Crippen molar-refractivity contribution in [3.8, 4) is 5.75 Å². The van der Waals surface area contributed by atoms with Gasteiger partial charge in [-0.05, 0) is 12.1 Å². The van der Waals surface area contributed by atoms with Crippen molar-refractivity contribution >= 4 is 5.91 Å². The second-order valence-corrected chi connectivity index (χ2v) is 6.51. The second-order valence-electron chi connectivity index (χ2n) is 6.51. The zero-order valence-electron chi connectivity index (χ0n) is 13.7. The third kappa shape index (κ3) is 2.67. The number of amides is 1. The van der Waals surface area contributed by atoms with Crippen LogP contribution in [0, 0.1) is 0 Å². The first-order chi connectivity index (χ1) is 11.7. The monoisotopic (exact) mass is 327 g/mol. The molecule has 1 saturated heterocycles. The zero-order valence-corrected chi connectivity index (χ0v) is 13.7. The first-order valence-corrected chi connectivity index (χ1v) is 8.31. The number of rotatable bonds is 2. The van der Waals surface area contributed by atoms with Gasteiger partial charge in [-0.2, -0.15) is 5.10 Å². The summed E-state index contributed by atoms with van der Waals surface area (Å²) in [5, 5.41) is 7.24. The lowest BCUT2D eigenvalue weighted by atomic mass is 9.82. The lowest BCUT2D eigenvalue weighted by Gasteiger charge is -2.44. The van der Waals surface area contributed by atoms with Crippen molar-refractivity contribution in [2.75, 3.05) is 13.2 Å². The van der Waals surface area contributed by atoms with Crippen LogP contribution in [-0.4, -0.2) is 34.5 Å². The third-order valence-electron chi connectivity index (χ3n) is 4.96. The quantitative estimate of drug-likeness (QED) is 0.918. The Bertz CT molecular complexity index is 749. The average Bonchev–Trinajstić information content (AvgIpc) is 3.01. The van der Waals surface area contributed by atoms with Crippen molar-refractivity contribution in [3.63, 3.8) is 0 Å². The maximum Gasteiger partial charge on any atom is 0.270 e. The molecule has 24 heavy (non-hydrogen) atoms. The molecule has 1 spiro atoms. The zero-order chi connectivity index (χ0) is 16.6. The molecule has 1 N–H and O–H groups in total. The Labute approximate surface area is 140 Å². The molecule has 1 aromatic heterocycles. The second kappa shape index (κ2) is 5.94. The topological polar surface area (TPSA) is 65.4 Å². The van der Waals surface area contributed by atoms with Crippen LogP contribution >= 0.6 is 0 Å². The van der Waals surface area contributed by atoms with Gasteiger partial charge in [0.1, 0.15) is 17.0 Å². The molecule has 0 radical (unpaired) electrons. The van der Waals surface area contributed by atoms with E-state index in [2.05, 4.69) is 10.4 Å². The van der Waals surface area contributed by atoms with Gasteiger partial charge in [0, 0.05) is 38.1 Å². The van der Waals surface area contributed by atoms with Gasteiger partial charge in [0.2, 0.25) is 0 Å². The molecule has 2 aliphatic rings. The van der Waals surface area contributed by atoms with E-state index < -0.39 is 0 Å². The van der Waals surface area contributed by atoms with Crippen molar-refractivity contribution in [2.45, 2.75) is 30.9 Å². The minimum atomic E-state index is -0.253. The van der Waals surface area contributed by atoms with Crippen molar-refractivity contribution in [3.05, 3.63) is 47.8 Å². The van der Waals surface area contributed by atoms with Crippen molar-refractivity contribution < 1.29 is 14.3 Å².